The Balaban J connectivity index is 2.41. The average Bonchev–Trinajstić information content (AvgIpc) is 2.99. The summed E-state index contributed by atoms with van der Waals surface area (Å²) in [6.45, 7) is 11.1. The zero-order valence-corrected chi connectivity index (χ0v) is 14.3. The molecule has 4 heteroatoms. The third kappa shape index (κ3) is 3.67. The van der Waals surface area contributed by atoms with Crippen LogP contribution in [0.5, 0.6) is 17.2 Å². The maximum Gasteiger partial charge on any atom is 0.203 e. The van der Waals surface area contributed by atoms with Crippen LogP contribution in [-0.2, 0) is 0 Å². The lowest BCUT2D eigenvalue weighted by Crippen LogP contribution is -2.18. The summed E-state index contributed by atoms with van der Waals surface area (Å²) in [6.07, 6.45) is 2.40. The molecular weight excluding hydrogens is 278 g/mol. The molecule has 0 saturated carbocycles. The molecule has 4 nitrogen and oxygen atoms in total. The molecule has 1 aromatic rings. The highest BCUT2D eigenvalue weighted by Gasteiger charge is 2.28. The molecule has 1 N–H and O–H groups in total. The van der Waals surface area contributed by atoms with Crippen LogP contribution < -0.4 is 19.5 Å². The maximum atomic E-state index is 5.81. The van der Waals surface area contributed by atoms with Crippen LogP contribution in [0.3, 0.4) is 0 Å². The molecule has 2 rings (SSSR count). The van der Waals surface area contributed by atoms with Gasteiger partial charge in [-0.2, -0.15) is 0 Å². The molecule has 1 fully saturated rings. The molecule has 0 aliphatic carbocycles. The van der Waals surface area contributed by atoms with Crippen molar-refractivity contribution in [2.75, 3.05) is 26.4 Å². The van der Waals surface area contributed by atoms with Gasteiger partial charge in [-0.15, -0.1) is 0 Å². The smallest absolute Gasteiger partial charge is 0.203 e. The van der Waals surface area contributed by atoms with Crippen LogP contribution in [-0.4, -0.2) is 26.4 Å². The van der Waals surface area contributed by atoms with Gasteiger partial charge < -0.3 is 19.5 Å². The molecular formula is C18H29NO3. The topological polar surface area (TPSA) is 39.7 Å². The minimum atomic E-state index is 0.374. The Morgan fingerprint density at radius 3 is 2.05 bits per heavy atom. The zero-order chi connectivity index (χ0) is 15.9. The first-order valence-electron chi connectivity index (χ1n) is 8.54. The van der Waals surface area contributed by atoms with Gasteiger partial charge in [0, 0.05) is 6.04 Å². The third-order valence-corrected chi connectivity index (χ3v) is 4.17. The first-order chi connectivity index (χ1) is 10.7. The van der Waals surface area contributed by atoms with Crippen molar-refractivity contribution >= 4 is 0 Å². The summed E-state index contributed by atoms with van der Waals surface area (Å²) in [5, 5.41) is 3.61. The first-order valence-corrected chi connectivity index (χ1v) is 8.54. The second kappa shape index (κ2) is 8.28. The molecule has 124 valence electrons. The molecule has 0 radical (unpaired) electrons. The standard InChI is InChI=1S/C18H29NO3/c1-5-13-9-10-19-17(13)14-11-15(20-6-2)18(22-8-4)16(12-14)21-7-3/h11-13,17,19H,5-10H2,1-4H3. The molecule has 22 heavy (non-hydrogen) atoms. The van der Waals surface area contributed by atoms with Gasteiger partial charge in [-0.3, -0.25) is 0 Å². The van der Waals surface area contributed by atoms with Gasteiger partial charge in [-0.25, -0.2) is 0 Å². The molecule has 1 aliphatic heterocycles. The Kier molecular flexibility index (Phi) is 6.37. The Morgan fingerprint density at radius 1 is 0.955 bits per heavy atom. The van der Waals surface area contributed by atoms with Crippen molar-refractivity contribution in [1.29, 1.82) is 0 Å². The number of nitrogens with one attached hydrogen (secondary N) is 1. The molecule has 0 bridgehead atoms. The van der Waals surface area contributed by atoms with Crippen molar-refractivity contribution in [1.82, 2.24) is 5.32 Å². The fourth-order valence-electron chi connectivity index (χ4n) is 3.18. The quantitative estimate of drug-likeness (QED) is 0.789. The summed E-state index contributed by atoms with van der Waals surface area (Å²) < 4.78 is 17.4. The average molecular weight is 307 g/mol. The highest BCUT2D eigenvalue weighted by atomic mass is 16.5. The summed E-state index contributed by atoms with van der Waals surface area (Å²) in [5.74, 6) is 2.96. The van der Waals surface area contributed by atoms with Gasteiger partial charge in [-0.1, -0.05) is 13.3 Å². The predicted octanol–water partition coefficient (Wildman–Crippen LogP) is 3.94. The van der Waals surface area contributed by atoms with E-state index in [0.717, 1.165) is 23.8 Å². The number of hydrogen-bond donors (Lipinski definition) is 1. The van der Waals surface area contributed by atoms with Crippen LogP contribution >= 0.6 is 0 Å². The third-order valence-electron chi connectivity index (χ3n) is 4.17. The summed E-state index contributed by atoms with van der Waals surface area (Å²) in [6, 6.07) is 4.60. The SMILES string of the molecule is CCOc1cc(C2NCCC2CC)cc(OCC)c1OCC. The van der Waals surface area contributed by atoms with Crippen LogP contribution in [0.4, 0.5) is 0 Å². The molecule has 0 spiro atoms. The minimum Gasteiger partial charge on any atom is -0.490 e. The van der Waals surface area contributed by atoms with E-state index < -0.39 is 0 Å². The highest BCUT2D eigenvalue weighted by molar-refractivity contribution is 5.54. The van der Waals surface area contributed by atoms with E-state index >= 15 is 0 Å². The second-order valence-corrected chi connectivity index (χ2v) is 5.53. The fourth-order valence-corrected chi connectivity index (χ4v) is 3.18. The zero-order valence-electron chi connectivity index (χ0n) is 14.3. The van der Waals surface area contributed by atoms with Crippen LogP contribution in [0.1, 0.15) is 52.1 Å². The lowest BCUT2D eigenvalue weighted by atomic mass is 9.92. The largest absolute Gasteiger partial charge is 0.490 e. The molecule has 0 aromatic heterocycles. The van der Waals surface area contributed by atoms with E-state index in [4.69, 9.17) is 14.2 Å². The van der Waals surface area contributed by atoms with Crippen molar-refractivity contribution < 1.29 is 14.2 Å². The van der Waals surface area contributed by atoms with Crippen molar-refractivity contribution in [3.8, 4) is 17.2 Å². The first kappa shape index (κ1) is 16.9. The van der Waals surface area contributed by atoms with Gasteiger partial charge in [0.05, 0.1) is 19.8 Å². The lowest BCUT2D eigenvalue weighted by Gasteiger charge is -2.22. The van der Waals surface area contributed by atoms with Gasteiger partial charge in [0.15, 0.2) is 11.5 Å². The number of hydrogen-bond acceptors (Lipinski definition) is 4. The van der Waals surface area contributed by atoms with Gasteiger partial charge in [0.2, 0.25) is 5.75 Å². The fraction of sp³-hybridized carbons (Fsp3) is 0.667. The molecule has 1 aromatic carbocycles. The number of benzene rings is 1. The maximum absolute atomic E-state index is 5.81. The van der Waals surface area contributed by atoms with Crippen LogP contribution in [0.15, 0.2) is 12.1 Å². The van der Waals surface area contributed by atoms with Gasteiger partial charge in [0.1, 0.15) is 0 Å². The van der Waals surface area contributed by atoms with E-state index in [1.807, 2.05) is 20.8 Å². The van der Waals surface area contributed by atoms with Crippen LogP contribution in [0.25, 0.3) is 0 Å². The van der Waals surface area contributed by atoms with E-state index in [0.29, 0.717) is 31.8 Å². The monoisotopic (exact) mass is 307 g/mol. The molecule has 2 unspecified atom stereocenters. The Hall–Kier alpha value is -1.42. The second-order valence-electron chi connectivity index (χ2n) is 5.53. The Bertz CT molecular complexity index is 448. The van der Waals surface area contributed by atoms with Crippen molar-refractivity contribution in [2.24, 2.45) is 5.92 Å². The van der Waals surface area contributed by atoms with E-state index in [-0.39, 0.29) is 0 Å². The number of ether oxygens (including phenoxy) is 3. The van der Waals surface area contributed by atoms with Gasteiger partial charge in [0.25, 0.3) is 0 Å². The lowest BCUT2D eigenvalue weighted by molar-refractivity contribution is 0.259. The summed E-state index contributed by atoms with van der Waals surface area (Å²) in [4.78, 5) is 0. The van der Waals surface area contributed by atoms with Crippen molar-refractivity contribution in [3.63, 3.8) is 0 Å². The number of rotatable bonds is 8. The Morgan fingerprint density at radius 2 is 1.55 bits per heavy atom. The molecule has 1 aliphatic rings. The highest BCUT2D eigenvalue weighted by Crippen LogP contribution is 2.43. The van der Waals surface area contributed by atoms with Gasteiger partial charge in [-0.05, 0) is 57.4 Å². The molecule has 2 atom stereocenters. The molecule has 0 amide bonds. The normalized spacial score (nSPS) is 20.9. The molecule has 1 saturated heterocycles. The van der Waals surface area contributed by atoms with Crippen molar-refractivity contribution in [3.05, 3.63) is 17.7 Å². The summed E-state index contributed by atoms with van der Waals surface area (Å²) >= 11 is 0. The summed E-state index contributed by atoms with van der Waals surface area (Å²) in [5.41, 5.74) is 1.24. The van der Waals surface area contributed by atoms with Crippen LogP contribution in [0, 0.1) is 5.92 Å². The summed E-state index contributed by atoms with van der Waals surface area (Å²) in [7, 11) is 0. The Labute approximate surface area is 134 Å². The molecule has 1 heterocycles. The minimum absolute atomic E-state index is 0.374. The van der Waals surface area contributed by atoms with E-state index in [9.17, 15) is 0 Å². The predicted molar refractivity (Wildman–Crippen MR) is 89.1 cm³/mol. The van der Waals surface area contributed by atoms with Crippen molar-refractivity contribution in [2.45, 2.75) is 46.6 Å². The van der Waals surface area contributed by atoms with Gasteiger partial charge >= 0.3 is 0 Å². The van der Waals surface area contributed by atoms with E-state index in [1.54, 1.807) is 0 Å². The van der Waals surface area contributed by atoms with Crippen LogP contribution in [0.2, 0.25) is 0 Å². The van der Waals surface area contributed by atoms with E-state index in [2.05, 4.69) is 24.4 Å². The van der Waals surface area contributed by atoms with E-state index in [1.165, 1.54) is 18.4 Å².